The van der Waals surface area contributed by atoms with Crippen LogP contribution < -0.4 is 10.6 Å². The number of anilines is 1. The van der Waals surface area contributed by atoms with Crippen molar-refractivity contribution in [2.24, 2.45) is 0 Å². The van der Waals surface area contributed by atoms with Gasteiger partial charge in [0.2, 0.25) is 0 Å². The highest BCUT2D eigenvalue weighted by Crippen LogP contribution is 2.26. The Hall–Kier alpha value is -3.05. The van der Waals surface area contributed by atoms with Gasteiger partial charge in [-0.1, -0.05) is 48.8 Å². The van der Waals surface area contributed by atoms with Gasteiger partial charge in [0.05, 0.1) is 0 Å². The molecule has 0 aromatic heterocycles. The topological polar surface area (TPSA) is 97.5 Å². The van der Waals surface area contributed by atoms with Gasteiger partial charge in [-0.15, -0.1) is 0 Å². The fraction of sp³-hybridized carbons (Fsp3) is 0.559. The van der Waals surface area contributed by atoms with Crippen molar-refractivity contribution < 1.29 is 19.1 Å². The Morgan fingerprint density at radius 1 is 0.848 bits per heavy atom. The number of rotatable bonds is 6. The molecule has 0 radical (unpaired) electrons. The van der Waals surface area contributed by atoms with Gasteiger partial charge in [-0.05, 0) is 80.6 Å². The first-order chi connectivity index (χ1) is 21.8. The van der Waals surface area contributed by atoms with Crippen LogP contribution >= 0.6 is 23.2 Å². The number of benzene rings is 2. The lowest BCUT2D eigenvalue weighted by Crippen LogP contribution is -2.56. The monoisotopic (exact) mass is 672 g/mol. The lowest BCUT2D eigenvalue weighted by molar-refractivity contribution is -0.143. The molecule has 0 spiro atoms. The van der Waals surface area contributed by atoms with Crippen molar-refractivity contribution in [2.45, 2.75) is 64.1 Å². The van der Waals surface area contributed by atoms with Crippen LogP contribution in [0.5, 0.6) is 0 Å². The number of nitrogens with one attached hydrogen (secondary N) is 2. The summed E-state index contributed by atoms with van der Waals surface area (Å²) in [5, 5.41) is 7.39. The van der Waals surface area contributed by atoms with Gasteiger partial charge in [-0.3, -0.25) is 9.69 Å². The highest BCUT2D eigenvalue weighted by Gasteiger charge is 2.36. The number of halogens is 2. The highest BCUT2D eigenvalue weighted by atomic mass is 35.5. The summed E-state index contributed by atoms with van der Waals surface area (Å²) in [4.78, 5) is 48.3. The van der Waals surface area contributed by atoms with Crippen molar-refractivity contribution >= 4 is 46.9 Å². The van der Waals surface area contributed by atoms with E-state index in [0.717, 1.165) is 62.3 Å². The number of para-hydroxylation sites is 1. The van der Waals surface area contributed by atoms with Crippen molar-refractivity contribution in [2.75, 3.05) is 64.2 Å². The minimum absolute atomic E-state index is 0. The first-order valence-corrected chi connectivity index (χ1v) is 16.9. The zero-order chi connectivity index (χ0) is 31.3. The van der Waals surface area contributed by atoms with E-state index in [-0.39, 0.29) is 31.8 Å². The van der Waals surface area contributed by atoms with Crippen LogP contribution in [0.3, 0.4) is 0 Å². The average Bonchev–Trinajstić information content (AvgIpc) is 3.22. The lowest BCUT2D eigenvalue weighted by atomic mass is 10.0. The molecule has 3 fully saturated rings. The molecule has 0 aliphatic carbocycles. The van der Waals surface area contributed by atoms with Gasteiger partial charge in [0.25, 0.3) is 5.91 Å². The van der Waals surface area contributed by atoms with Crippen LogP contribution in [0.1, 0.15) is 44.2 Å². The molecule has 0 unspecified atom stereocenters. The molecule has 4 amide bonds. The summed E-state index contributed by atoms with van der Waals surface area (Å²) < 4.78 is 5.99. The molecule has 4 aliphatic rings. The summed E-state index contributed by atoms with van der Waals surface area (Å²) >= 11 is 12.5. The van der Waals surface area contributed by atoms with Crippen LogP contribution in [0, 0.1) is 0 Å². The number of piperazine rings is 1. The third-order valence-electron chi connectivity index (χ3n) is 9.62. The predicted octanol–water partition coefficient (Wildman–Crippen LogP) is 5.13. The molecule has 12 heteroatoms. The van der Waals surface area contributed by atoms with Gasteiger partial charge in [0.15, 0.2) is 6.10 Å². The lowest BCUT2D eigenvalue weighted by Gasteiger charge is -2.41. The van der Waals surface area contributed by atoms with Crippen LogP contribution in [0.2, 0.25) is 10.0 Å². The maximum Gasteiger partial charge on any atom is 0.410 e. The Morgan fingerprint density at radius 3 is 2.22 bits per heavy atom. The second-order valence-electron chi connectivity index (χ2n) is 12.4. The number of nitrogens with zero attached hydrogens (tertiary/aromatic N) is 4. The number of amides is 4. The maximum atomic E-state index is 13.9. The largest absolute Gasteiger partial charge is 0.436 e. The normalized spacial score (nSPS) is 20.7. The summed E-state index contributed by atoms with van der Waals surface area (Å²) in [6.07, 6.45) is 2.98. The van der Waals surface area contributed by atoms with E-state index in [1.165, 1.54) is 0 Å². The SMILES string of the molecule is C.O=C(O[C@H](Cc1cc(Cl)cc(Cl)c1)C(=O)N1CCN(C2CCNCC2)CC1)N1CCC(N2CCc3ccccc3NC2=O)CC1. The third-order valence-corrected chi connectivity index (χ3v) is 10.1. The van der Waals surface area contributed by atoms with Crippen LogP contribution in [0.25, 0.3) is 0 Å². The van der Waals surface area contributed by atoms with E-state index in [2.05, 4.69) is 15.5 Å². The standard InChI is InChI=1S/C33H42Cl2N6O4.CH4/c34-25-19-23(20-26(35)22-25)21-30(31(42)39-17-15-38(16-18-39)27-5-10-36-11-6-27)45-33(44)40-12-8-28(9-13-40)41-14-7-24-3-1-2-4-29(24)37-32(41)43;/h1-4,19-20,22,27-28,30,36H,5-18,21H2,(H,37,43);1H4/t30-;/m1./s1. The Morgan fingerprint density at radius 2 is 1.52 bits per heavy atom. The van der Waals surface area contributed by atoms with Gasteiger partial charge < -0.3 is 30.1 Å². The van der Waals surface area contributed by atoms with Gasteiger partial charge in [-0.2, -0.15) is 0 Å². The number of fused-ring (bicyclic) bond motifs is 1. The molecule has 3 saturated heterocycles. The predicted molar refractivity (Wildman–Crippen MR) is 182 cm³/mol. The Kier molecular flexibility index (Phi) is 11.7. The third kappa shape index (κ3) is 8.26. The van der Waals surface area contributed by atoms with E-state index in [0.29, 0.717) is 61.7 Å². The van der Waals surface area contributed by atoms with E-state index < -0.39 is 12.2 Å². The zero-order valence-corrected chi connectivity index (χ0v) is 27.1. The molecule has 1 atom stereocenters. The molecule has 0 bridgehead atoms. The van der Waals surface area contributed by atoms with E-state index in [9.17, 15) is 14.4 Å². The number of carbonyl (C=O) groups excluding carboxylic acids is 3. The first-order valence-electron chi connectivity index (χ1n) is 16.1. The highest BCUT2D eigenvalue weighted by molar-refractivity contribution is 6.34. The van der Waals surface area contributed by atoms with Crippen LogP contribution in [0.15, 0.2) is 42.5 Å². The minimum atomic E-state index is -0.995. The van der Waals surface area contributed by atoms with E-state index >= 15 is 0 Å². The van der Waals surface area contributed by atoms with Crippen molar-refractivity contribution in [3.63, 3.8) is 0 Å². The van der Waals surface area contributed by atoms with Crippen molar-refractivity contribution in [3.8, 4) is 0 Å². The Bertz CT molecular complexity index is 1350. The van der Waals surface area contributed by atoms with Gasteiger partial charge in [0.1, 0.15) is 0 Å². The average molecular weight is 674 g/mol. The zero-order valence-electron chi connectivity index (χ0n) is 25.6. The van der Waals surface area contributed by atoms with Crippen LogP contribution in [0.4, 0.5) is 15.3 Å². The second kappa shape index (κ2) is 15.7. The molecular weight excluding hydrogens is 627 g/mol. The molecule has 4 aliphatic heterocycles. The van der Waals surface area contributed by atoms with E-state index in [1.807, 2.05) is 34.1 Å². The second-order valence-corrected chi connectivity index (χ2v) is 13.3. The van der Waals surface area contributed by atoms with E-state index in [4.69, 9.17) is 27.9 Å². The molecule has 2 aromatic carbocycles. The first kappa shape index (κ1) is 34.3. The molecule has 2 aromatic rings. The summed E-state index contributed by atoms with van der Waals surface area (Å²) in [6.45, 7) is 6.38. The molecule has 4 heterocycles. The summed E-state index contributed by atoms with van der Waals surface area (Å²) in [5.41, 5.74) is 2.72. The van der Waals surface area contributed by atoms with Crippen molar-refractivity contribution in [3.05, 3.63) is 63.6 Å². The summed E-state index contributed by atoms with van der Waals surface area (Å²) in [5.74, 6) is -0.194. The fourth-order valence-electron chi connectivity index (χ4n) is 7.10. The van der Waals surface area contributed by atoms with Gasteiger partial charge in [-0.25, -0.2) is 9.59 Å². The smallest absolute Gasteiger partial charge is 0.410 e. The number of likely N-dealkylation sites (tertiary alicyclic amines) is 1. The van der Waals surface area contributed by atoms with Crippen LogP contribution in [-0.2, 0) is 22.4 Å². The van der Waals surface area contributed by atoms with Gasteiger partial charge in [0, 0.05) is 80.1 Å². The minimum Gasteiger partial charge on any atom is -0.436 e. The molecule has 0 saturated carbocycles. The number of piperidine rings is 2. The number of hydrogen-bond donors (Lipinski definition) is 2. The Balaban J connectivity index is 0.00000417. The van der Waals surface area contributed by atoms with E-state index in [1.54, 1.807) is 23.1 Å². The van der Waals surface area contributed by atoms with Crippen molar-refractivity contribution in [1.29, 1.82) is 0 Å². The summed E-state index contributed by atoms with van der Waals surface area (Å²) in [6, 6.07) is 13.5. The molecular formula is C34H46Cl2N6O4. The number of ether oxygens (including phenoxy) is 1. The molecule has 46 heavy (non-hydrogen) atoms. The molecule has 10 nitrogen and oxygen atoms in total. The van der Waals surface area contributed by atoms with Crippen LogP contribution in [-0.4, -0.2) is 115 Å². The molecule has 250 valence electrons. The molecule has 2 N–H and O–H groups in total. The fourth-order valence-corrected chi connectivity index (χ4v) is 7.67. The number of hydrogen-bond acceptors (Lipinski definition) is 6. The Labute approximate surface area is 282 Å². The van der Waals surface area contributed by atoms with Gasteiger partial charge >= 0.3 is 12.1 Å². The van der Waals surface area contributed by atoms with Crippen molar-refractivity contribution in [1.82, 2.24) is 24.9 Å². The maximum absolute atomic E-state index is 13.9. The molecule has 6 rings (SSSR count). The number of carbonyl (C=O) groups is 3. The quantitative estimate of drug-likeness (QED) is 0.442. The number of urea groups is 1. The summed E-state index contributed by atoms with van der Waals surface area (Å²) in [7, 11) is 0.